The lowest BCUT2D eigenvalue weighted by Gasteiger charge is -2.30. The van der Waals surface area contributed by atoms with Crippen molar-refractivity contribution in [1.29, 1.82) is 0 Å². The van der Waals surface area contributed by atoms with E-state index in [1.54, 1.807) is 0 Å². The molecule has 0 aliphatic heterocycles. The topological polar surface area (TPSA) is 29.9 Å². The first kappa shape index (κ1) is 12.6. The molecular formula is C14H25N3. The van der Waals surface area contributed by atoms with Crippen molar-refractivity contribution in [3.05, 3.63) is 18.0 Å². The van der Waals surface area contributed by atoms with Crippen molar-refractivity contribution in [2.24, 2.45) is 18.4 Å². The molecule has 96 valence electrons. The van der Waals surface area contributed by atoms with Gasteiger partial charge in [0.2, 0.25) is 0 Å². The minimum absolute atomic E-state index is 0.374. The number of aromatic nitrogens is 2. The average molecular weight is 235 g/mol. The minimum atomic E-state index is 0.374. The molecule has 0 aromatic carbocycles. The second kappa shape index (κ2) is 4.81. The number of hydrogen-bond acceptors (Lipinski definition) is 2. The summed E-state index contributed by atoms with van der Waals surface area (Å²) in [6, 6.07) is 2.72. The van der Waals surface area contributed by atoms with Crippen molar-refractivity contribution in [1.82, 2.24) is 15.1 Å². The first-order chi connectivity index (χ1) is 7.99. The summed E-state index contributed by atoms with van der Waals surface area (Å²) in [7, 11) is 1.99. The highest BCUT2D eigenvalue weighted by molar-refractivity contribution is 5.06. The zero-order valence-electron chi connectivity index (χ0n) is 11.5. The van der Waals surface area contributed by atoms with Gasteiger partial charge in [-0.25, -0.2) is 0 Å². The maximum atomic E-state index is 4.52. The van der Waals surface area contributed by atoms with Crippen LogP contribution >= 0.6 is 0 Å². The zero-order chi connectivity index (χ0) is 12.5. The fourth-order valence-corrected chi connectivity index (χ4v) is 2.54. The maximum absolute atomic E-state index is 4.52. The SMILES string of the molecule is CC(C)NCC(C)(Cc1ccn(C)n1)C1CC1. The average Bonchev–Trinajstić information content (AvgIpc) is 3.02. The molecule has 1 aromatic rings. The van der Waals surface area contributed by atoms with E-state index in [1.165, 1.54) is 18.5 Å². The van der Waals surface area contributed by atoms with Crippen LogP contribution in [0.5, 0.6) is 0 Å². The second-order valence-corrected chi connectivity index (χ2v) is 6.12. The lowest BCUT2D eigenvalue weighted by atomic mass is 9.80. The van der Waals surface area contributed by atoms with Crippen LogP contribution in [0.25, 0.3) is 0 Å². The predicted molar refractivity (Wildman–Crippen MR) is 70.9 cm³/mol. The Morgan fingerprint density at radius 3 is 2.71 bits per heavy atom. The Hall–Kier alpha value is -0.830. The van der Waals surface area contributed by atoms with Crippen molar-refractivity contribution in [3.8, 4) is 0 Å². The highest BCUT2D eigenvalue weighted by Gasteiger charge is 2.41. The lowest BCUT2D eigenvalue weighted by molar-refractivity contribution is 0.245. The molecule has 3 heteroatoms. The van der Waals surface area contributed by atoms with Crippen LogP contribution in [0.4, 0.5) is 0 Å². The lowest BCUT2D eigenvalue weighted by Crippen LogP contribution is -2.38. The summed E-state index contributed by atoms with van der Waals surface area (Å²) in [4.78, 5) is 0. The van der Waals surface area contributed by atoms with Crippen LogP contribution in [0.2, 0.25) is 0 Å². The van der Waals surface area contributed by atoms with Crippen LogP contribution in [0, 0.1) is 11.3 Å². The zero-order valence-corrected chi connectivity index (χ0v) is 11.5. The summed E-state index contributed by atoms with van der Waals surface area (Å²) in [5.41, 5.74) is 1.60. The molecule has 17 heavy (non-hydrogen) atoms. The van der Waals surface area contributed by atoms with E-state index in [1.807, 2.05) is 17.9 Å². The molecule has 3 nitrogen and oxygen atoms in total. The molecule has 1 atom stereocenters. The molecule has 0 saturated heterocycles. The van der Waals surface area contributed by atoms with Gasteiger partial charge in [-0.05, 0) is 36.7 Å². The molecule has 0 amide bonds. The number of rotatable bonds is 6. The van der Waals surface area contributed by atoms with E-state index in [4.69, 9.17) is 0 Å². The van der Waals surface area contributed by atoms with Gasteiger partial charge < -0.3 is 5.32 Å². The molecular weight excluding hydrogens is 210 g/mol. The molecule has 1 aromatic heterocycles. The third kappa shape index (κ3) is 3.32. The van der Waals surface area contributed by atoms with E-state index >= 15 is 0 Å². The standard InChI is InChI=1S/C14H25N3/c1-11(2)15-10-14(3,12-5-6-12)9-13-7-8-17(4)16-13/h7-8,11-12,15H,5-6,9-10H2,1-4H3. The van der Waals surface area contributed by atoms with Gasteiger partial charge in [0.15, 0.2) is 0 Å². The molecule has 1 unspecified atom stereocenters. The Kier molecular flexibility index (Phi) is 3.57. The first-order valence-electron chi connectivity index (χ1n) is 6.71. The summed E-state index contributed by atoms with van der Waals surface area (Å²) < 4.78 is 1.90. The Balaban J connectivity index is 2.00. The smallest absolute Gasteiger partial charge is 0.0630 e. The molecule has 1 heterocycles. The summed E-state index contributed by atoms with van der Waals surface area (Å²) in [5, 5.41) is 8.12. The highest BCUT2D eigenvalue weighted by atomic mass is 15.2. The third-order valence-electron chi connectivity index (χ3n) is 3.83. The Morgan fingerprint density at radius 2 is 2.24 bits per heavy atom. The van der Waals surface area contributed by atoms with Crippen LogP contribution in [0.3, 0.4) is 0 Å². The van der Waals surface area contributed by atoms with E-state index in [0.29, 0.717) is 11.5 Å². The van der Waals surface area contributed by atoms with Gasteiger partial charge in [-0.2, -0.15) is 5.10 Å². The van der Waals surface area contributed by atoms with Gasteiger partial charge in [-0.3, -0.25) is 4.68 Å². The van der Waals surface area contributed by atoms with E-state index < -0.39 is 0 Å². The molecule has 1 saturated carbocycles. The largest absolute Gasteiger partial charge is 0.314 e. The molecule has 1 fully saturated rings. The van der Waals surface area contributed by atoms with E-state index in [2.05, 4.69) is 37.3 Å². The van der Waals surface area contributed by atoms with Gasteiger partial charge >= 0.3 is 0 Å². The second-order valence-electron chi connectivity index (χ2n) is 6.12. The summed E-state index contributed by atoms with van der Waals surface area (Å²) in [6.45, 7) is 7.95. The Bertz CT molecular complexity index is 365. The van der Waals surface area contributed by atoms with E-state index in [-0.39, 0.29) is 0 Å². The predicted octanol–water partition coefficient (Wildman–Crippen LogP) is 2.38. The van der Waals surface area contributed by atoms with Gasteiger partial charge in [0.05, 0.1) is 5.69 Å². The Labute approximate surface area is 105 Å². The summed E-state index contributed by atoms with van der Waals surface area (Å²) >= 11 is 0. The van der Waals surface area contributed by atoms with Crippen LogP contribution < -0.4 is 5.32 Å². The fraction of sp³-hybridized carbons (Fsp3) is 0.786. The maximum Gasteiger partial charge on any atom is 0.0630 e. The first-order valence-corrected chi connectivity index (χ1v) is 6.71. The highest BCUT2D eigenvalue weighted by Crippen LogP contribution is 2.46. The monoisotopic (exact) mass is 235 g/mol. The van der Waals surface area contributed by atoms with Crippen LogP contribution in [-0.4, -0.2) is 22.4 Å². The number of nitrogens with one attached hydrogen (secondary N) is 1. The molecule has 2 rings (SSSR count). The molecule has 1 aliphatic rings. The molecule has 1 N–H and O–H groups in total. The van der Waals surface area contributed by atoms with Crippen molar-refractivity contribution in [2.45, 2.75) is 46.1 Å². The number of aryl methyl sites for hydroxylation is 1. The van der Waals surface area contributed by atoms with Crippen LogP contribution in [-0.2, 0) is 13.5 Å². The number of nitrogens with zero attached hydrogens (tertiary/aromatic N) is 2. The van der Waals surface area contributed by atoms with Crippen molar-refractivity contribution < 1.29 is 0 Å². The normalized spacial score (nSPS) is 19.6. The minimum Gasteiger partial charge on any atom is -0.314 e. The van der Waals surface area contributed by atoms with E-state index in [9.17, 15) is 0 Å². The van der Waals surface area contributed by atoms with Gasteiger partial charge in [0, 0.05) is 25.8 Å². The third-order valence-corrected chi connectivity index (χ3v) is 3.83. The van der Waals surface area contributed by atoms with E-state index in [0.717, 1.165) is 18.9 Å². The number of hydrogen-bond donors (Lipinski definition) is 1. The Morgan fingerprint density at radius 1 is 1.53 bits per heavy atom. The molecule has 0 bridgehead atoms. The van der Waals surface area contributed by atoms with Crippen molar-refractivity contribution in [2.75, 3.05) is 6.54 Å². The van der Waals surface area contributed by atoms with Crippen molar-refractivity contribution >= 4 is 0 Å². The quantitative estimate of drug-likeness (QED) is 0.820. The van der Waals surface area contributed by atoms with Crippen molar-refractivity contribution in [3.63, 3.8) is 0 Å². The van der Waals surface area contributed by atoms with Crippen LogP contribution in [0.1, 0.15) is 39.3 Å². The summed E-state index contributed by atoms with van der Waals surface area (Å²) in [5.74, 6) is 0.885. The van der Waals surface area contributed by atoms with Gasteiger partial charge in [0.25, 0.3) is 0 Å². The van der Waals surface area contributed by atoms with Gasteiger partial charge in [0.1, 0.15) is 0 Å². The molecule has 0 radical (unpaired) electrons. The van der Waals surface area contributed by atoms with Crippen LogP contribution in [0.15, 0.2) is 12.3 Å². The van der Waals surface area contributed by atoms with Gasteiger partial charge in [-0.1, -0.05) is 20.8 Å². The molecule has 1 aliphatic carbocycles. The summed E-state index contributed by atoms with van der Waals surface area (Å²) in [6.07, 6.45) is 5.92. The fourth-order valence-electron chi connectivity index (χ4n) is 2.54. The molecule has 0 spiro atoms. The van der Waals surface area contributed by atoms with Gasteiger partial charge in [-0.15, -0.1) is 0 Å².